The number of hydrazine groups is 1. The van der Waals surface area contributed by atoms with E-state index in [9.17, 15) is 9.59 Å². The summed E-state index contributed by atoms with van der Waals surface area (Å²) in [6.07, 6.45) is 4.70. The SMILES string of the molecule is O=C(C=Cc1cccc(-c2ccccc2)c1)NNC(=O)c1cc(Br)c[nH]1. The number of halogens is 1. The lowest BCUT2D eigenvalue weighted by Gasteiger charge is -2.04. The standard InChI is InChI=1S/C20H16BrN3O2/c21-17-12-18(22-13-17)20(26)24-23-19(25)10-9-14-5-4-8-16(11-14)15-6-2-1-3-7-15/h1-13,22H,(H,23,25)(H,24,26). The van der Waals surface area contributed by atoms with Gasteiger partial charge in [0.05, 0.1) is 0 Å². The first kappa shape index (κ1) is 17.7. The number of amides is 2. The molecule has 2 aromatic carbocycles. The van der Waals surface area contributed by atoms with Crippen LogP contribution in [0, 0.1) is 0 Å². The second-order valence-electron chi connectivity index (χ2n) is 5.50. The van der Waals surface area contributed by atoms with Gasteiger partial charge in [0.1, 0.15) is 5.69 Å². The van der Waals surface area contributed by atoms with Gasteiger partial charge in [-0.25, -0.2) is 0 Å². The van der Waals surface area contributed by atoms with Crippen molar-refractivity contribution in [3.63, 3.8) is 0 Å². The van der Waals surface area contributed by atoms with Gasteiger partial charge in [-0.05, 0) is 50.8 Å². The summed E-state index contributed by atoms with van der Waals surface area (Å²) in [4.78, 5) is 26.5. The van der Waals surface area contributed by atoms with E-state index < -0.39 is 11.8 Å². The van der Waals surface area contributed by atoms with Crippen LogP contribution in [0.5, 0.6) is 0 Å². The first-order chi connectivity index (χ1) is 12.6. The van der Waals surface area contributed by atoms with Gasteiger partial charge in [-0.2, -0.15) is 0 Å². The molecule has 6 heteroatoms. The summed E-state index contributed by atoms with van der Waals surface area (Å²) in [5.74, 6) is -0.849. The Kier molecular flexibility index (Phi) is 5.66. The van der Waals surface area contributed by atoms with Gasteiger partial charge in [-0.3, -0.25) is 20.4 Å². The highest BCUT2D eigenvalue weighted by Gasteiger charge is 2.07. The van der Waals surface area contributed by atoms with Crippen LogP contribution in [0.4, 0.5) is 0 Å². The summed E-state index contributed by atoms with van der Waals surface area (Å²) < 4.78 is 0.757. The van der Waals surface area contributed by atoms with Crippen molar-refractivity contribution in [1.29, 1.82) is 0 Å². The van der Waals surface area contributed by atoms with Gasteiger partial charge in [0, 0.05) is 16.7 Å². The van der Waals surface area contributed by atoms with Crippen molar-refractivity contribution in [2.45, 2.75) is 0 Å². The van der Waals surface area contributed by atoms with E-state index in [1.807, 2.05) is 54.6 Å². The fourth-order valence-corrected chi connectivity index (χ4v) is 2.69. The third kappa shape index (κ3) is 4.70. The third-order valence-electron chi connectivity index (χ3n) is 3.61. The summed E-state index contributed by atoms with van der Waals surface area (Å²) in [5, 5.41) is 0. The lowest BCUT2D eigenvalue weighted by atomic mass is 10.0. The van der Waals surface area contributed by atoms with E-state index in [1.165, 1.54) is 6.08 Å². The molecular formula is C20H16BrN3O2. The number of aromatic amines is 1. The second kappa shape index (κ2) is 8.31. The van der Waals surface area contributed by atoms with Crippen LogP contribution in [-0.2, 0) is 4.79 Å². The van der Waals surface area contributed by atoms with Gasteiger partial charge in [-0.1, -0.05) is 48.5 Å². The molecule has 130 valence electrons. The van der Waals surface area contributed by atoms with Crippen LogP contribution in [0.15, 0.2) is 77.4 Å². The molecule has 0 saturated carbocycles. The zero-order chi connectivity index (χ0) is 18.4. The average molecular weight is 410 g/mol. The molecule has 0 radical (unpaired) electrons. The fraction of sp³-hybridized carbons (Fsp3) is 0. The van der Waals surface area contributed by atoms with Crippen LogP contribution >= 0.6 is 15.9 Å². The molecule has 3 aromatic rings. The first-order valence-corrected chi connectivity index (χ1v) is 8.69. The van der Waals surface area contributed by atoms with E-state index in [-0.39, 0.29) is 0 Å². The van der Waals surface area contributed by atoms with E-state index >= 15 is 0 Å². The number of carbonyl (C=O) groups is 2. The minimum Gasteiger partial charge on any atom is -0.356 e. The van der Waals surface area contributed by atoms with Crippen LogP contribution in [0.3, 0.4) is 0 Å². The van der Waals surface area contributed by atoms with E-state index in [4.69, 9.17) is 0 Å². The van der Waals surface area contributed by atoms with Crippen molar-refractivity contribution in [2.24, 2.45) is 0 Å². The van der Waals surface area contributed by atoms with Crippen molar-refractivity contribution >= 4 is 33.8 Å². The van der Waals surface area contributed by atoms with Crippen LogP contribution in [0.2, 0.25) is 0 Å². The predicted octanol–water partition coefficient (Wildman–Crippen LogP) is 3.92. The maximum Gasteiger partial charge on any atom is 0.286 e. The Balaban J connectivity index is 1.59. The highest BCUT2D eigenvalue weighted by Crippen LogP contribution is 2.20. The number of rotatable bonds is 4. The van der Waals surface area contributed by atoms with E-state index in [0.29, 0.717) is 5.69 Å². The van der Waals surface area contributed by atoms with E-state index in [2.05, 4.69) is 31.8 Å². The molecule has 2 amide bonds. The van der Waals surface area contributed by atoms with Crippen molar-refractivity contribution < 1.29 is 9.59 Å². The molecule has 1 heterocycles. The van der Waals surface area contributed by atoms with Crippen LogP contribution in [0.1, 0.15) is 16.1 Å². The minimum atomic E-state index is -0.427. The van der Waals surface area contributed by atoms with Crippen molar-refractivity contribution in [3.8, 4) is 11.1 Å². The van der Waals surface area contributed by atoms with Gasteiger partial charge in [0.15, 0.2) is 0 Å². The summed E-state index contributed by atoms with van der Waals surface area (Å²) in [6.45, 7) is 0. The summed E-state index contributed by atoms with van der Waals surface area (Å²) in [6, 6.07) is 19.5. The topological polar surface area (TPSA) is 74.0 Å². The molecule has 0 fully saturated rings. The molecule has 26 heavy (non-hydrogen) atoms. The maximum atomic E-state index is 11.9. The second-order valence-corrected chi connectivity index (χ2v) is 6.42. The van der Waals surface area contributed by atoms with Crippen LogP contribution in [-0.4, -0.2) is 16.8 Å². The molecule has 3 N–H and O–H groups in total. The molecule has 0 saturated heterocycles. The predicted molar refractivity (Wildman–Crippen MR) is 105 cm³/mol. The summed E-state index contributed by atoms with van der Waals surface area (Å²) in [5.41, 5.74) is 8.10. The number of hydrogen-bond donors (Lipinski definition) is 3. The molecule has 0 unspecified atom stereocenters. The zero-order valence-corrected chi connectivity index (χ0v) is 15.3. The number of nitrogens with one attached hydrogen (secondary N) is 3. The number of H-pyrrole nitrogens is 1. The number of carbonyl (C=O) groups excluding carboxylic acids is 2. The molecule has 3 rings (SSSR count). The monoisotopic (exact) mass is 409 g/mol. The normalized spacial score (nSPS) is 10.7. The zero-order valence-electron chi connectivity index (χ0n) is 13.7. The molecule has 0 aliphatic rings. The van der Waals surface area contributed by atoms with Crippen molar-refractivity contribution in [2.75, 3.05) is 0 Å². The molecule has 0 aliphatic heterocycles. The number of benzene rings is 2. The number of aromatic nitrogens is 1. The van der Waals surface area contributed by atoms with Gasteiger partial charge in [0.25, 0.3) is 11.8 Å². The Labute approximate surface area is 159 Å². The van der Waals surface area contributed by atoms with Gasteiger partial charge >= 0.3 is 0 Å². The Morgan fingerprint density at radius 3 is 2.42 bits per heavy atom. The Bertz CT molecular complexity index is 948. The summed E-state index contributed by atoms with van der Waals surface area (Å²) >= 11 is 3.24. The first-order valence-electron chi connectivity index (χ1n) is 7.89. The number of hydrogen-bond acceptors (Lipinski definition) is 2. The van der Waals surface area contributed by atoms with Crippen LogP contribution < -0.4 is 10.9 Å². The molecule has 0 atom stereocenters. The third-order valence-corrected chi connectivity index (χ3v) is 4.07. The molecular weight excluding hydrogens is 394 g/mol. The highest BCUT2D eigenvalue weighted by molar-refractivity contribution is 9.10. The van der Waals surface area contributed by atoms with E-state index in [1.54, 1.807) is 18.3 Å². The molecule has 0 bridgehead atoms. The smallest absolute Gasteiger partial charge is 0.286 e. The molecule has 0 spiro atoms. The molecule has 0 aliphatic carbocycles. The Morgan fingerprint density at radius 2 is 1.69 bits per heavy atom. The highest BCUT2D eigenvalue weighted by atomic mass is 79.9. The summed E-state index contributed by atoms with van der Waals surface area (Å²) in [7, 11) is 0. The largest absolute Gasteiger partial charge is 0.356 e. The van der Waals surface area contributed by atoms with Crippen molar-refractivity contribution in [1.82, 2.24) is 15.8 Å². The fourth-order valence-electron chi connectivity index (χ4n) is 2.35. The van der Waals surface area contributed by atoms with Crippen molar-refractivity contribution in [3.05, 3.63) is 88.7 Å². The van der Waals surface area contributed by atoms with E-state index in [0.717, 1.165) is 21.2 Å². The van der Waals surface area contributed by atoms with Gasteiger partial charge < -0.3 is 4.98 Å². The Morgan fingerprint density at radius 1 is 0.923 bits per heavy atom. The minimum absolute atomic E-state index is 0.344. The van der Waals surface area contributed by atoms with Gasteiger partial charge in [0.2, 0.25) is 0 Å². The quantitative estimate of drug-likeness (QED) is 0.451. The van der Waals surface area contributed by atoms with Crippen LogP contribution in [0.25, 0.3) is 17.2 Å². The maximum absolute atomic E-state index is 11.9. The average Bonchev–Trinajstić information content (AvgIpc) is 3.12. The lowest BCUT2D eigenvalue weighted by molar-refractivity contribution is -0.117. The van der Waals surface area contributed by atoms with Gasteiger partial charge in [-0.15, -0.1) is 0 Å². The molecule has 5 nitrogen and oxygen atoms in total. The lowest BCUT2D eigenvalue weighted by Crippen LogP contribution is -2.40. The molecule has 1 aromatic heterocycles. The Hall–Kier alpha value is -3.12.